The molecule has 0 aromatic heterocycles. The lowest BCUT2D eigenvalue weighted by atomic mass is 10.3. The quantitative estimate of drug-likeness (QED) is 0.520. The van der Waals surface area contributed by atoms with Crippen molar-refractivity contribution >= 4 is 19.9 Å². The minimum Gasteiger partial charge on any atom is -0.207 e. The zero-order chi connectivity index (χ0) is 15.6. The van der Waals surface area contributed by atoms with Gasteiger partial charge in [-0.25, -0.2) is 8.78 Å². The van der Waals surface area contributed by atoms with Crippen molar-refractivity contribution in [2.75, 3.05) is 0 Å². The maximum atomic E-state index is 13.2. The van der Waals surface area contributed by atoms with Gasteiger partial charge >= 0.3 is 0 Å². The van der Waals surface area contributed by atoms with E-state index in [1.807, 2.05) is 30.3 Å². The first-order chi connectivity index (χ1) is 10.6. The van der Waals surface area contributed by atoms with Crippen LogP contribution in [0.5, 0.6) is 0 Å². The number of halogens is 3. The maximum absolute atomic E-state index is 13.2. The Morgan fingerprint density at radius 2 is 0.909 bits per heavy atom. The van der Waals surface area contributed by atoms with Crippen molar-refractivity contribution in [3.8, 4) is 0 Å². The van der Waals surface area contributed by atoms with Gasteiger partial charge in [0.05, 0.1) is 0 Å². The van der Waals surface area contributed by atoms with E-state index < -0.39 is 9.24 Å². The van der Waals surface area contributed by atoms with Crippen LogP contribution in [0.25, 0.3) is 0 Å². The molecule has 3 aromatic carbocycles. The largest absolute Gasteiger partial charge is 0.207 e. The summed E-state index contributed by atoms with van der Waals surface area (Å²) in [5.74, 6) is -0.622. The van der Waals surface area contributed by atoms with Crippen LogP contribution in [0.3, 0.4) is 0 Å². The fourth-order valence-corrected chi connectivity index (χ4v) is 5.56. The average Bonchev–Trinajstić information content (AvgIpc) is 2.56. The predicted molar refractivity (Wildman–Crippen MR) is 87.5 cm³/mol. The summed E-state index contributed by atoms with van der Waals surface area (Å²) in [5.41, 5.74) is 0. The van der Waals surface area contributed by atoms with Crippen molar-refractivity contribution in [1.29, 1.82) is 0 Å². The lowest BCUT2D eigenvalue weighted by molar-refractivity contribution is 0.626. The molecular weight excluding hydrogens is 322 g/mol. The monoisotopic (exact) mass is 334 g/mol. The molecule has 0 unspecified atom stereocenters. The number of rotatable bonds is 3. The second kappa shape index (κ2) is 6.11. The molecule has 0 aliphatic heterocycles. The lowest BCUT2D eigenvalue weighted by Gasteiger charge is -2.34. The summed E-state index contributed by atoms with van der Waals surface area (Å²) in [5, 5.41) is 0. The highest BCUT2D eigenvalue weighted by molar-refractivity contribution is 8.51. The molecule has 0 bridgehead atoms. The van der Waals surface area contributed by atoms with Crippen molar-refractivity contribution in [3.05, 3.63) is 90.5 Å². The normalized spacial score (nSPS) is 12.1. The Morgan fingerprint density at radius 3 is 1.32 bits per heavy atom. The fraction of sp³-hybridized carbons (Fsp3) is 0. The number of hydrogen-bond acceptors (Lipinski definition) is 0. The lowest BCUT2D eigenvalue weighted by Crippen LogP contribution is -1.97. The van der Waals surface area contributed by atoms with Gasteiger partial charge < -0.3 is 0 Å². The molecule has 4 heteroatoms. The molecule has 0 aliphatic rings. The molecule has 0 nitrogen and oxygen atoms in total. The summed E-state index contributed by atoms with van der Waals surface area (Å²) in [4.78, 5) is 2.55. The van der Waals surface area contributed by atoms with E-state index in [0.29, 0.717) is 0 Å². The Kier molecular flexibility index (Phi) is 4.19. The first-order valence-electron chi connectivity index (χ1n) is 6.70. The van der Waals surface area contributed by atoms with Gasteiger partial charge in [-0.2, -0.15) is 0 Å². The second-order valence-electron chi connectivity index (χ2n) is 4.76. The van der Waals surface area contributed by atoms with Crippen LogP contribution in [0.15, 0.2) is 93.5 Å². The Balaban J connectivity index is 2.22. The van der Waals surface area contributed by atoms with Crippen LogP contribution in [0, 0.1) is 11.6 Å². The van der Waals surface area contributed by atoms with Crippen LogP contribution in [-0.4, -0.2) is 0 Å². The van der Waals surface area contributed by atoms with Crippen LogP contribution in [0.1, 0.15) is 0 Å². The van der Waals surface area contributed by atoms with Crippen molar-refractivity contribution in [2.24, 2.45) is 0 Å². The molecule has 0 fully saturated rings. The molecule has 0 spiro atoms. The fourth-order valence-electron chi connectivity index (χ4n) is 2.26. The van der Waals surface area contributed by atoms with Gasteiger partial charge in [0.15, 0.2) is 0 Å². The van der Waals surface area contributed by atoms with E-state index in [4.69, 9.17) is 10.7 Å². The molecule has 0 atom stereocenters. The molecule has 0 N–H and O–H groups in total. The maximum Gasteiger partial charge on any atom is 0.123 e. The first kappa shape index (κ1) is 15.1. The Morgan fingerprint density at radius 1 is 0.545 bits per heavy atom. The smallest absolute Gasteiger partial charge is 0.123 e. The third kappa shape index (κ3) is 2.74. The molecule has 0 saturated carbocycles. The van der Waals surface area contributed by atoms with E-state index in [9.17, 15) is 8.78 Å². The van der Waals surface area contributed by atoms with Gasteiger partial charge in [-0.15, -0.1) is 0 Å². The van der Waals surface area contributed by atoms with Gasteiger partial charge in [-0.1, -0.05) is 38.1 Å². The SMILES string of the molecule is Fc1ccc(S(Cl)(c2ccccc2)c2ccc(F)cc2)cc1. The third-order valence-electron chi connectivity index (χ3n) is 3.34. The van der Waals surface area contributed by atoms with Crippen molar-refractivity contribution < 1.29 is 8.78 Å². The number of benzene rings is 3. The van der Waals surface area contributed by atoms with Crippen LogP contribution in [-0.2, 0) is 0 Å². The molecule has 112 valence electrons. The average molecular weight is 335 g/mol. The van der Waals surface area contributed by atoms with E-state index in [1.165, 1.54) is 24.3 Å². The van der Waals surface area contributed by atoms with Gasteiger partial charge in [-0.3, -0.25) is 0 Å². The molecule has 0 radical (unpaired) electrons. The Labute approximate surface area is 134 Å². The van der Waals surface area contributed by atoms with Crippen molar-refractivity contribution in [3.63, 3.8) is 0 Å². The van der Waals surface area contributed by atoms with Crippen molar-refractivity contribution in [2.45, 2.75) is 14.7 Å². The van der Waals surface area contributed by atoms with E-state index in [-0.39, 0.29) is 11.6 Å². The van der Waals surface area contributed by atoms with Crippen LogP contribution < -0.4 is 0 Å². The summed E-state index contributed by atoms with van der Waals surface area (Å²) in [6, 6.07) is 21.9. The molecule has 3 aromatic rings. The minimum absolute atomic E-state index is 0.311. The van der Waals surface area contributed by atoms with Gasteiger partial charge in [0.1, 0.15) is 11.6 Å². The van der Waals surface area contributed by atoms with E-state index in [2.05, 4.69) is 0 Å². The zero-order valence-electron chi connectivity index (χ0n) is 11.5. The highest BCUT2D eigenvalue weighted by atomic mass is 35.7. The molecule has 0 saturated heterocycles. The van der Waals surface area contributed by atoms with Crippen molar-refractivity contribution in [1.82, 2.24) is 0 Å². The third-order valence-corrected chi connectivity index (χ3v) is 7.71. The Bertz CT molecular complexity index is 710. The minimum atomic E-state index is -2.07. The van der Waals surface area contributed by atoms with Gasteiger partial charge in [0.25, 0.3) is 0 Å². The summed E-state index contributed by atoms with van der Waals surface area (Å²) in [7, 11) is 4.99. The van der Waals surface area contributed by atoms with Crippen LogP contribution in [0.2, 0.25) is 0 Å². The topological polar surface area (TPSA) is 0 Å². The first-order valence-corrected chi connectivity index (χ1v) is 9.16. The van der Waals surface area contributed by atoms with Crippen LogP contribution in [0.4, 0.5) is 8.78 Å². The predicted octanol–water partition coefficient (Wildman–Crippen LogP) is 6.40. The molecule has 0 aliphatic carbocycles. The van der Waals surface area contributed by atoms with Gasteiger partial charge in [0, 0.05) is 14.7 Å². The zero-order valence-corrected chi connectivity index (χ0v) is 13.1. The summed E-state index contributed by atoms with van der Waals surface area (Å²) < 4.78 is 26.5. The van der Waals surface area contributed by atoms with Crippen LogP contribution >= 0.6 is 19.9 Å². The van der Waals surface area contributed by atoms with E-state index in [0.717, 1.165) is 14.7 Å². The molecule has 3 rings (SSSR count). The Hall–Kier alpha value is -1.84. The van der Waals surface area contributed by atoms with E-state index in [1.54, 1.807) is 24.3 Å². The summed E-state index contributed by atoms with van der Waals surface area (Å²) >= 11 is 0. The second-order valence-corrected chi connectivity index (χ2v) is 8.64. The molecule has 0 amide bonds. The highest BCUT2D eigenvalue weighted by Crippen LogP contribution is 2.72. The standard InChI is InChI=1S/C18H13ClF2S/c19-22(16-4-2-1-3-5-16,17-10-6-14(20)7-11-17)18-12-8-15(21)9-13-18/h1-13H. The van der Waals surface area contributed by atoms with E-state index >= 15 is 0 Å². The highest BCUT2D eigenvalue weighted by Gasteiger charge is 2.28. The van der Waals surface area contributed by atoms with Gasteiger partial charge in [0.2, 0.25) is 0 Å². The molecule has 22 heavy (non-hydrogen) atoms. The molecular formula is C18H13ClF2S. The van der Waals surface area contributed by atoms with Gasteiger partial charge in [-0.05, 0) is 60.7 Å². The number of hydrogen-bond donors (Lipinski definition) is 0. The summed E-state index contributed by atoms with van der Waals surface area (Å²) in [6.07, 6.45) is 0. The summed E-state index contributed by atoms with van der Waals surface area (Å²) in [6.45, 7) is 0. The molecule has 0 heterocycles.